The molecule has 0 saturated carbocycles. The molecule has 2 aliphatic rings. The van der Waals surface area contributed by atoms with Gasteiger partial charge in [0.1, 0.15) is 11.4 Å². The molecule has 0 radical (unpaired) electrons. The van der Waals surface area contributed by atoms with Gasteiger partial charge in [-0.15, -0.1) is 0 Å². The number of nitrogens with one attached hydrogen (secondary N) is 1. The molecule has 2 fully saturated rings. The van der Waals surface area contributed by atoms with Crippen molar-refractivity contribution in [3.8, 4) is 5.75 Å². The number of rotatable bonds is 3. The number of cyclic esters (lactones) is 1. The summed E-state index contributed by atoms with van der Waals surface area (Å²) in [5, 5.41) is 3.35. The summed E-state index contributed by atoms with van der Waals surface area (Å²) < 4.78 is 10.9. The van der Waals surface area contributed by atoms with Gasteiger partial charge in [0.2, 0.25) is 0 Å². The third-order valence-corrected chi connectivity index (χ3v) is 4.60. The topological polar surface area (TPSA) is 50.8 Å². The zero-order valence-corrected chi connectivity index (χ0v) is 12.6. The van der Waals surface area contributed by atoms with Gasteiger partial charge in [-0.1, -0.05) is 0 Å². The monoisotopic (exact) mass is 290 g/mol. The van der Waals surface area contributed by atoms with E-state index in [1.165, 1.54) is 0 Å². The van der Waals surface area contributed by atoms with Gasteiger partial charge in [0.15, 0.2) is 0 Å². The Bertz CT molecular complexity index is 511. The van der Waals surface area contributed by atoms with Gasteiger partial charge in [-0.25, -0.2) is 4.79 Å². The van der Waals surface area contributed by atoms with Crippen LogP contribution in [-0.4, -0.2) is 38.4 Å². The molecule has 114 valence electrons. The normalized spacial score (nSPS) is 26.8. The standard InChI is InChI=1S/C16H22N2O3/c1-16(12-7-9-17-10-8-12)11-18(15(19)21-16)13-3-5-14(20-2)6-4-13/h3-6,12,17H,7-11H2,1-2H3. The maximum Gasteiger partial charge on any atom is 0.415 e. The fraction of sp³-hybridized carbons (Fsp3) is 0.562. The molecule has 1 aromatic carbocycles. The summed E-state index contributed by atoms with van der Waals surface area (Å²) in [6.45, 7) is 4.67. The third kappa shape index (κ3) is 2.70. The second kappa shape index (κ2) is 5.56. The van der Waals surface area contributed by atoms with Crippen molar-refractivity contribution >= 4 is 11.8 Å². The van der Waals surface area contributed by atoms with Crippen LogP contribution in [0.25, 0.3) is 0 Å². The molecule has 0 aromatic heterocycles. The summed E-state index contributed by atoms with van der Waals surface area (Å²) in [5.74, 6) is 1.21. The van der Waals surface area contributed by atoms with E-state index in [0.29, 0.717) is 12.5 Å². The Morgan fingerprint density at radius 3 is 2.57 bits per heavy atom. The Hall–Kier alpha value is -1.75. The Kier molecular flexibility index (Phi) is 3.76. The number of piperidine rings is 1. The second-order valence-corrected chi connectivity index (χ2v) is 5.99. The Labute approximate surface area is 125 Å². The molecule has 0 bridgehead atoms. The molecule has 1 amide bonds. The third-order valence-electron chi connectivity index (χ3n) is 4.60. The van der Waals surface area contributed by atoms with Crippen LogP contribution in [0, 0.1) is 5.92 Å². The minimum Gasteiger partial charge on any atom is -0.497 e. The number of benzene rings is 1. The van der Waals surface area contributed by atoms with Gasteiger partial charge < -0.3 is 14.8 Å². The number of methoxy groups -OCH3 is 1. The molecule has 1 N–H and O–H groups in total. The zero-order chi connectivity index (χ0) is 14.9. The maximum absolute atomic E-state index is 12.2. The van der Waals surface area contributed by atoms with Crippen LogP contribution in [0.4, 0.5) is 10.5 Å². The number of amides is 1. The van der Waals surface area contributed by atoms with Crippen molar-refractivity contribution in [2.24, 2.45) is 5.92 Å². The molecule has 1 atom stereocenters. The lowest BCUT2D eigenvalue weighted by molar-refractivity contribution is 0.00962. The number of carbonyl (C=O) groups is 1. The van der Waals surface area contributed by atoms with Crippen molar-refractivity contribution in [3.05, 3.63) is 24.3 Å². The van der Waals surface area contributed by atoms with Crippen molar-refractivity contribution in [2.45, 2.75) is 25.4 Å². The lowest BCUT2D eigenvalue weighted by Gasteiger charge is -2.34. The summed E-state index contributed by atoms with van der Waals surface area (Å²) in [4.78, 5) is 14.0. The van der Waals surface area contributed by atoms with Gasteiger partial charge in [0.25, 0.3) is 0 Å². The second-order valence-electron chi connectivity index (χ2n) is 5.99. The molecule has 2 heterocycles. The number of anilines is 1. The van der Waals surface area contributed by atoms with E-state index in [1.807, 2.05) is 24.3 Å². The molecule has 5 nitrogen and oxygen atoms in total. The van der Waals surface area contributed by atoms with Gasteiger partial charge in [-0.2, -0.15) is 0 Å². The van der Waals surface area contributed by atoms with Crippen LogP contribution in [-0.2, 0) is 4.74 Å². The van der Waals surface area contributed by atoms with E-state index < -0.39 is 0 Å². The fourth-order valence-electron chi connectivity index (χ4n) is 3.27. The minimum atomic E-state index is -0.390. The van der Waals surface area contributed by atoms with E-state index in [0.717, 1.165) is 37.4 Å². The van der Waals surface area contributed by atoms with E-state index in [4.69, 9.17) is 9.47 Å². The molecule has 2 saturated heterocycles. The predicted molar refractivity (Wildman–Crippen MR) is 80.8 cm³/mol. The first-order chi connectivity index (χ1) is 10.1. The largest absolute Gasteiger partial charge is 0.497 e. The van der Waals surface area contributed by atoms with E-state index in [2.05, 4.69) is 12.2 Å². The highest BCUT2D eigenvalue weighted by Gasteiger charge is 2.47. The van der Waals surface area contributed by atoms with Crippen LogP contribution in [0.3, 0.4) is 0 Å². The lowest BCUT2D eigenvalue weighted by Crippen LogP contribution is -2.44. The summed E-state index contributed by atoms with van der Waals surface area (Å²) in [6, 6.07) is 7.52. The number of hydrogen-bond acceptors (Lipinski definition) is 4. The molecular weight excluding hydrogens is 268 g/mol. The Balaban J connectivity index is 1.76. The predicted octanol–water partition coefficient (Wildman–Crippen LogP) is 2.41. The molecule has 3 rings (SSSR count). The molecular formula is C16H22N2O3. The van der Waals surface area contributed by atoms with Gasteiger partial charge in [-0.05, 0) is 57.1 Å². The SMILES string of the molecule is COc1ccc(N2CC(C)(C3CCNCC3)OC2=O)cc1. The molecule has 0 spiro atoms. The van der Waals surface area contributed by atoms with Crippen molar-refractivity contribution in [1.82, 2.24) is 5.32 Å². The summed E-state index contributed by atoms with van der Waals surface area (Å²) >= 11 is 0. The smallest absolute Gasteiger partial charge is 0.415 e. The van der Waals surface area contributed by atoms with E-state index in [9.17, 15) is 4.79 Å². The lowest BCUT2D eigenvalue weighted by atomic mass is 9.82. The summed E-state index contributed by atoms with van der Waals surface area (Å²) in [6.07, 6.45) is 1.86. The highest BCUT2D eigenvalue weighted by Crippen LogP contribution is 2.37. The highest BCUT2D eigenvalue weighted by molar-refractivity contribution is 5.90. The van der Waals surface area contributed by atoms with E-state index >= 15 is 0 Å². The average Bonchev–Trinajstić information content (AvgIpc) is 2.85. The highest BCUT2D eigenvalue weighted by atomic mass is 16.6. The van der Waals surface area contributed by atoms with Crippen LogP contribution in [0.1, 0.15) is 19.8 Å². The zero-order valence-electron chi connectivity index (χ0n) is 12.6. The van der Waals surface area contributed by atoms with Crippen molar-refractivity contribution < 1.29 is 14.3 Å². The van der Waals surface area contributed by atoms with E-state index in [1.54, 1.807) is 12.0 Å². The minimum absolute atomic E-state index is 0.249. The molecule has 1 aromatic rings. The van der Waals surface area contributed by atoms with Crippen LogP contribution < -0.4 is 15.0 Å². The first-order valence-corrected chi connectivity index (χ1v) is 7.48. The van der Waals surface area contributed by atoms with Crippen LogP contribution in [0.2, 0.25) is 0 Å². The molecule has 21 heavy (non-hydrogen) atoms. The van der Waals surface area contributed by atoms with Crippen LogP contribution >= 0.6 is 0 Å². The molecule has 0 aliphatic carbocycles. The first kappa shape index (κ1) is 14.2. The van der Waals surface area contributed by atoms with Crippen molar-refractivity contribution in [3.63, 3.8) is 0 Å². The van der Waals surface area contributed by atoms with Gasteiger partial charge >= 0.3 is 6.09 Å². The van der Waals surface area contributed by atoms with Crippen LogP contribution in [0.15, 0.2) is 24.3 Å². The maximum atomic E-state index is 12.2. The van der Waals surface area contributed by atoms with Crippen molar-refractivity contribution in [1.29, 1.82) is 0 Å². The van der Waals surface area contributed by atoms with E-state index in [-0.39, 0.29) is 11.7 Å². The first-order valence-electron chi connectivity index (χ1n) is 7.48. The fourth-order valence-corrected chi connectivity index (χ4v) is 3.27. The van der Waals surface area contributed by atoms with Crippen LogP contribution in [0.5, 0.6) is 5.75 Å². The Morgan fingerprint density at radius 2 is 1.95 bits per heavy atom. The molecule has 1 unspecified atom stereocenters. The van der Waals surface area contributed by atoms with Gasteiger partial charge in [0.05, 0.1) is 13.7 Å². The van der Waals surface area contributed by atoms with Gasteiger partial charge in [-0.3, -0.25) is 4.90 Å². The van der Waals surface area contributed by atoms with Gasteiger partial charge in [0, 0.05) is 11.6 Å². The number of ether oxygens (including phenoxy) is 2. The number of nitrogens with zero attached hydrogens (tertiary/aromatic N) is 1. The average molecular weight is 290 g/mol. The van der Waals surface area contributed by atoms with Crippen molar-refractivity contribution in [2.75, 3.05) is 31.6 Å². The Morgan fingerprint density at radius 1 is 1.29 bits per heavy atom. The molecule has 5 heteroatoms. The number of hydrogen-bond donors (Lipinski definition) is 1. The number of carbonyl (C=O) groups excluding carboxylic acids is 1. The summed E-state index contributed by atoms with van der Waals surface area (Å²) in [5.41, 5.74) is 0.470. The molecule has 2 aliphatic heterocycles. The summed E-state index contributed by atoms with van der Waals surface area (Å²) in [7, 11) is 1.63. The quantitative estimate of drug-likeness (QED) is 0.929.